The second-order valence-corrected chi connectivity index (χ2v) is 6.51. The number of rotatable bonds is 5. The summed E-state index contributed by atoms with van der Waals surface area (Å²) in [4.78, 5) is 4.56. The number of nitrogens with one attached hydrogen (secondary N) is 1. The van der Waals surface area contributed by atoms with Crippen LogP contribution in [-0.4, -0.2) is 22.7 Å². The molecule has 114 valence electrons. The molecule has 0 aliphatic carbocycles. The lowest BCUT2D eigenvalue weighted by atomic mass is 9.84. The smallest absolute Gasteiger partial charge is 0.228 e. The third-order valence-electron chi connectivity index (χ3n) is 3.73. The number of benzene rings is 1. The molecule has 0 saturated heterocycles. The molecule has 21 heavy (non-hydrogen) atoms. The molecule has 0 spiro atoms. The van der Waals surface area contributed by atoms with Crippen molar-refractivity contribution < 1.29 is 4.52 Å². The first-order valence-corrected chi connectivity index (χ1v) is 7.53. The van der Waals surface area contributed by atoms with Gasteiger partial charge in [-0.05, 0) is 24.4 Å². The van der Waals surface area contributed by atoms with Gasteiger partial charge in [0.05, 0.1) is 0 Å². The van der Waals surface area contributed by atoms with Crippen LogP contribution in [0.25, 0.3) is 11.4 Å². The Labute approximate surface area is 127 Å². The fourth-order valence-electron chi connectivity index (χ4n) is 2.38. The van der Waals surface area contributed by atoms with Gasteiger partial charge in [0.2, 0.25) is 11.7 Å². The summed E-state index contributed by atoms with van der Waals surface area (Å²) >= 11 is 0. The molecule has 0 amide bonds. The SMILES string of the molecule is CCNC(Cc1nc(-c2ccccc2C)no1)C(C)(C)C. The zero-order valence-corrected chi connectivity index (χ0v) is 13.6. The standard InChI is InChI=1S/C17H25N3O/c1-6-18-14(17(3,4)5)11-15-19-16(20-21-15)13-10-8-7-9-12(13)2/h7-10,14,18H,6,11H2,1-5H3. The molecule has 0 aliphatic heterocycles. The van der Waals surface area contributed by atoms with E-state index in [1.807, 2.05) is 18.2 Å². The highest BCUT2D eigenvalue weighted by Gasteiger charge is 2.26. The summed E-state index contributed by atoms with van der Waals surface area (Å²) in [5, 5.41) is 7.63. The van der Waals surface area contributed by atoms with Crippen molar-refractivity contribution in [3.05, 3.63) is 35.7 Å². The Morgan fingerprint density at radius 2 is 1.95 bits per heavy atom. The minimum atomic E-state index is 0.146. The average Bonchev–Trinajstić information content (AvgIpc) is 2.86. The monoisotopic (exact) mass is 287 g/mol. The summed E-state index contributed by atoms with van der Waals surface area (Å²) in [6, 6.07) is 8.40. The first-order chi connectivity index (χ1) is 9.91. The Morgan fingerprint density at radius 3 is 2.57 bits per heavy atom. The minimum Gasteiger partial charge on any atom is -0.339 e. The molecule has 1 heterocycles. The van der Waals surface area contributed by atoms with Gasteiger partial charge >= 0.3 is 0 Å². The number of aromatic nitrogens is 2. The molecule has 4 heteroatoms. The van der Waals surface area contributed by atoms with E-state index >= 15 is 0 Å². The van der Waals surface area contributed by atoms with Crippen molar-refractivity contribution in [2.24, 2.45) is 5.41 Å². The summed E-state index contributed by atoms with van der Waals surface area (Å²) in [5.41, 5.74) is 2.33. The van der Waals surface area contributed by atoms with Gasteiger partial charge in [-0.15, -0.1) is 0 Å². The highest BCUT2D eigenvalue weighted by Crippen LogP contribution is 2.24. The Bertz CT molecular complexity index is 584. The van der Waals surface area contributed by atoms with Crippen molar-refractivity contribution in [1.82, 2.24) is 15.5 Å². The molecule has 0 aliphatic rings. The predicted molar refractivity (Wildman–Crippen MR) is 85.1 cm³/mol. The van der Waals surface area contributed by atoms with Gasteiger partial charge in [-0.2, -0.15) is 4.98 Å². The quantitative estimate of drug-likeness (QED) is 0.912. The molecule has 0 saturated carbocycles. The van der Waals surface area contributed by atoms with Gasteiger partial charge in [0, 0.05) is 18.0 Å². The van der Waals surface area contributed by atoms with Gasteiger partial charge in [0.1, 0.15) is 0 Å². The molecule has 2 rings (SSSR count). The molecule has 1 aromatic carbocycles. The Balaban J connectivity index is 2.18. The molecule has 1 aromatic heterocycles. The van der Waals surface area contributed by atoms with Crippen molar-refractivity contribution in [1.29, 1.82) is 0 Å². The maximum absolute atomic E-state index is 5.44. The summed E-state index contributed by atoms with van der Waals surface area (Å²) in [6.07, 6.45) is 0.746. The first kappa shape index (κ1) is 15.7. The summed E-state index contributed by atoms with van der Waals surface area (Å²) < 4.78 is 5.44. The molecule has 0 radical (unpaired) electrons. The zero-order chi connectivity index (χ0) is 15.5. The van der Waals surface area contributed by atoms with E-state index in [2.05, 4.69) is 56.1 Å². The third-order valence-corrected chi connectivity index (χ3v) is 3.73. The molecule has 4 nitrogen and oxygen atoms in total. The molecule has 0 bridgehead atoms. The van der Waals surface area contributed by atoms with Gasteiger partial charge in [-0.3, -0.25) is 0 Å². The van der Waals surface area contributed by atoms with Crippen LogP contribution in [0, 0.1) is 12.3 Å². The van der Waals surface area contributed by atoms with E-state index in [9.17, 15) is 0 Å². The highest BCUT2D eigenvalue weighted by molar-refractivity contribution is 5.58. The number of nitrogens with zero attached hydrogens (tertiary/aromatic N) is 2. The van der Waals surface area contributed by atoms with E-state index in [-0.39, 0.29) is 5.41 Å². The van der Waals surface area contributed by atoms with Crippen LogP contribution in [0.5, 0.6) is 0 Å². The Kier molecular flexibility index (Phi) is 4.78. The van der Waals surface area contributed by atoms with Gasteiger partial charge in [-0.1, -0.05) is 57.1 Å². The molecule has 1 unspecified atom stereocenters. The van der Waals surface area contributed by atoms with Crippen molar-refractivity contribution in [3.8, 4) is 11.4 Å². The average molecular weight is 287 g/mol. The third kappa shape index (κ3) is 3.91. The predicted octanol–water partition coefficient (Wildman–Crippen LogP) is 3.61. The van der Waals surface area contributed by atoms with Crippen molar-refractivity contribution >= 4 is 0 Å². The summed E-state index contributed by atoms with van der Waals surface area (Å²) in [6.45, 7) is 11.8. The van der Waals surface area contributed by atoms with Crippen LogP contribution in [0.2, 0.25) is 0 Å². The maximum atomic E-state index is 5.44. The lowest BCUT2D eigenvalue weighted by Crippen LogP contribution is -2.41. The molecule has 1 atom stereocenters. The fourth-order valence-corrected chi connectivity index (χ4v) is 2.38. The van der Waals surface area contributed by atoms with Gasteiger partial charge in [-0.25, -0.2) is 0 Å². The lowest BCUT2D eigenvalue weighted by molar-refractivity contribution is 0.247. The van der Waals surface area contributed by atoms with E-state index in [0.717, 1.165) is 24.1 Å². The van der Waals surface area contributed by atoms with E-state index in [0.29, 0.717) is 17.8 Å². The molecule has 0 fully saturated rings. The molecular formula is C17H25N3O. The highest BCUT2D eigenvalue weighted by atomic mass is 16.5. The fraction of sp³-hybridized carbons (Fsp3) is 0.529. The number of hydrogen-bond acceptors (Lipinski definition) is 4. The Hall–Kier alpha value is -1.68. The van der Waals surface area contributed by atoms with Crippen LogP contribution in [0.1, 0.15) is 39.1 Å². The van der Waals surface area contributed by atoms with Crippen LogP contribution >= 0.6 is 0 Å². The van der Waals surface area contributed by atoms with E-state index < -0.39 is 0 Å². The number of hydrogen-bond donors (Lipinski definition) is 1. The molecule has 1 N–H and O–H groups in total. The summed E-state index contributed by atoms with van der Waals surface area (Å²) in [7, 11) is 0. The zero-order valence-electron chi connectivity index (χ0n) is 13.6. The van der Waals surface area contributed by atoms with Gasteiger partial charge in [0.15, 0.2) is 0 Å². The molecule has 2 aromatic rings. The van der Waals surface area contributed by atoms with Crippen LogP contribution in [0.4, 0.5) is 0 Å². The van der Waals surface area contributed by atoms with Crippen molar-refractivity contribution in [2.75, 3.05) is 6.54 Å². The van der Waals surface area contributed by atoms with Gasteiger partial charge < -0.3 is 9.84 Å². The topological polar surface area (TPSA) is 51.0 Å². The van der Waals surface area contributed by atoms with E-state index in [1.54, 1.807) is 0 Å². The number of likely N-dealkylation sites (N-methyl/N-ethyl adjacent to an activating group) is 1. The van der Waals surface area contributed by atoms with Crippen LogP contribution in [0.3, 0.4) is 0 Å². The van der Waals surface area contributed by atoms with Crippen molar-refractivity contribution in [2.45, 2.75) is 47.1 Å². The van der Waals surface area contributed by atoms with Crippen molar-refractivity contribution in [3.63, 3.8) is 0 Å². The van der Waals surface area contributed by atoms with Crippen LogP contribution in [0.15, 0.2) is 28.8 Å². The minimum absolute atomic E-state index is 0.146. The summed E-state index contributed by atoms with van der Waals surface area (Å²) in [5.74, 6) is 1.36. The molecular weight excluding hydrogens is 262 g/mol. The Morgan fingerprint density at radius 1 is 1.24 bits per heavy atom. The second-order valence-electron chi connectivity index (χ2n) is 6.51. The van der Waals surface area contributed by atoms with Crippen LogP contribution in [-0.2, 0) is 6.42 Å². The van der Waals surface area contributed by atoms with E-state index in [4.69, 9.17) is 4.52 Å². The number of aryl methyl sites for hydroxylation is 1. The normalized spacial score (nSPS) is 13.4. The van der Waals surface area contributed by atoms with E-state index in [1.165, 1.54) is 0 Å². The van der Waals surface area contributed by atoms with Gasteiger partial charge in [0.25, 0.3) is 0 Å². The maximum Gasteiger partial charge on any atom is 0.228 e. The lowest BCUT2D eigenvalue weighted by Gasteiger charge is -2.30. The largest absolute Gasteiger partial charge is 0.339 e. The first-order valence-electron chi connectivity index (χ1n) is 7.53. The van der Waals surface area contributed by atoms with Crippen LogP contribution < -0.4 is 5.32 Å². The second kappa shape index (κ2) is 6.39.